The number of halogens is 1. The summed E-state index contributed by atoms with van der Waals surface area (Å²) < 4.78 is 0. The predicted molar refractivity (Wildman–Crippen MR) is 90.9 cm³/mol. The average Bonchev–Trinajstić information content (AvgIpc) is 2.55. The van der Waals surface area contributed by atoms with E-state index < -0.39 is 0 Å². The van der Waals surface area contributed by atoms with Crippen LogP contribution in [0, 0.1) is 0 Å². The standard InChI is InChI=1S/C17H18ClN3O/c18-15-5-7-16(8-6-15)20-9-11-21(12-10-20)19-13-14-3-1-2-4-17(14)22/h1-8,13,22H,9-12H2/b19-13+. The lowest BCUT2D eigenvalue weighted by molar-refractivity contribution is 0.272. The molecule has 0 saturated carbocycles. The van der Waals surface area contributed by atoms with E-state index in [0.29, 0.717) is 0 Å². The molecule has 114 valence electrons. The minimum absolute atomic E-state index is 0.256. The summed E-state index contributed by atoms with van der Waals surface area (Å²) in [6.45, 7) is 3.54. The molecule has 0 amide bonds. The summed E-state index contributed by atoms with van der Waals surface area (Å²) >= 11 is 5.92. The molecule has 0 spiro atoms. The molecule has 1 N–H and O–H groups in total. The normalized spacial score (nSPS) is 15.5. The van der Waals surface area contributed by atoms with Crippen LogP contribution in [0.5, 0.6) is 5.75 Å². The average molecular weight is 316 g/mol. The molecular formula is C17H18ClN3O. The molecule has 0 radical (unpaired) electrons. The highest BCUT2D eigenvalue weighted by atomic mass is 35.5. The molecule has 0 unspecified atom stereocenters. The van der Waals surface area contributed by atoms with E-state index in [4.69, 9.17) is 11.6 Å². The van der Waals surface area contributed by atoms with Crippen molar-refractivity contribution in [2.45, 2.75) is 0 Å². The van der Waals surface area contributed by atoms with Gasteiger partial charge in [0.15, 0.2) is 0 Å². The van der Waals surface area contributed by atoms with Crippen molar-refractivity contribution in [1.82, 2.24) is 5.01 Å². The number of benzene rings is 2. The number of phenolic OH excluding ortho intramolecular Hbond substituents is 1. The summed E-state index contributed by atoms with van der Waals surface area (Å²) in [4.78, 5) is 2.32. The molecular weight excluding hydrogens is 298 g/mol. The number of piperazine rings is 1. The Bertz CT molecular complexity index is 649. The fourth-order valence-corrected chi connectivity index (χ4v) is 2.59. The molecule has 1 heterocycles. The molecule has 1 aliphatic heterocycles. The zero-order valence-electron chi connectivity index (χ0n) is 12.2. The second-order valence-electron chi connectivity index (χ2n) is 5.22. The van der Waals surface area contributed by atoms with Gasteiger partial charge < -0.3 is 10.0 Å². The third-order valence-corrected chi connectivity index (χ3v) is 4.00. The summed E-state index contributed by atoms with van der Waals surface area (Å²) in [5.41, 5.74) is 1.93. The third-order valence-electron chi connectivity index (χ3n) is 3.74. The van der Waals surface area contributed by atoms with Gasteiger partial charge in [0.05, 0.1) is 19.3 Å². The van der Waals surface area contributed by atoms with Crippen LogP contribution in [0.2, 0.25) is 5.02 Å². The highest BCUT2D eigenvalue weighted by molar-refractivity contribution is 6.30. The van der Waals surface area contributed by atoms with Crippen molar-refractivity contribution in [2.75, 3.05) is 31.1 Å². The van der Waals surface area contributed by atoms with Gasteiger partial charge in [-0.2, -0.15) is 5.10 Å². The van der Waals surface area contributed by atoms with Crippen LogP contribution in [-0.2, 0) is 0 Å². The number of phenols is 1. The summed E-state index contributed by atoms with van der Waals surface area (Å²) in [7, 11) is 0. The van der Waals surface area contributed by atoms with Gasteiger partial charge in [-0.3, -0.25) is 5.01 Å². The maximum absolute atomic E-state index is 9.72. The maximum atomic E-state index is 9.72. The highest BCUT2D eigenvalue weighted by Crippen LogP contribution is 2.19. The van der Waals surface area contributed by atoms with Crippen LogP contribution in [0.4, 0.5) is 5.69 Å². The van der Waals surface area contributed by atoms with Crippen molar-refractivity contribution < 1.29 is 5.11 Å². The molecule has 5 heteroatoms. The van der Waals surface area contributed by atoms with Gasteiger partial charge in [-0.05, 0) is 36.4 Å². The van der Waals surface area contributed by atoms with E-state index in [1.807, 2.05) is 41.4 Å². The van der Waals surface area contributed by atoms with Gasteiger partial charge >= 0.3 is 0 Å². The van der Waals surface area contributed by atoms with E-state index in [2.05, 4.69) is 10.0 Å². The lowest BCUT2D eigenvalue weighted by Gasteiger charge is -2.34. The van der Waals surface area contributed by atoms with Crippen LogP contribution in [0.3, 0.4) is 0 Å². The molecule has 1 saturated heterocycles. The zero-order valence-corrected chi connectivity index (χ0v) is 12.9. The molecule has 0 atom stereocenters. The van der Waals surface area contributed by atoms with E-state index in [0.717, 1.165) is 36.8 Å². The number of para-hydroxylation sites is 1. The molecule has 3 rings (SSSR count). The number of hydrogen-bond acceptors (Lipinski definition) is 4. The number of anilines is 1. The van der Waals surface area contributed by atoms with Crippen molar-refractivity contribution in [1.29, 1.82) is 0 Å². The lowest BCUT2D eigenvalue weighted by atomic mass is 10.2. The van der Waals surface area contributed by atoms with Gasteiger partial charge in [0.25, 0.3) is 0 Å². The second kappa shape index (κ2) is 6.71. The van der Waals surface area contributed by atoms with Crippen molar-refractivity contribution in [3.05, 3.63) is 59.1 Å². The van der Waals surface area contributed by atoms with E-state index in [1.54, 1.807) is 18.3 Å². The molecule has 1 fully saturated rings. The van der Waals surface area contributed by atoms with Crippen LogP contribution in [0.25, 0.3) is 0 Å². The van der Waals surface area contributed by atoms with E-state index in [1.165, 1.54) is 5.69 Å². The minimum Gasteiger partial charge on any atom is -0.507 e. The first-order chi connectivity index (χ1) is 10.7. The fraction of sp³-hybridized carbons (Fsp3) is 0.235. The maximum Gasteiger partial charge on any atom is 0.124 e. The molecule has 0 aromatic heterocycles. The largest absolute Gasteiger partial charge is 0.507 e. The third kappa shape index (κ3) is 3.52. The summed E-state index contributed by atoms with van der Waals surface area (Å²) in [5.74, 6) is 0.256. The smallest absolute Gasteiger partial charge is 0.124 e. The van der Waals surface area contributed by atoms with Crippen LogP contribution >= 0.6 is 11.6 Å². The van der Waals surface area contributed by atoms with Crippen LogP contribution in [0.1, 0.15) is 5.56 Å². The van der Waals surface area contributed by atoms with Gasteiger partial charge in [0.2, 0.25) is 0 Å². The Morgan fingerprint density at radius 3 is 2.32 bits per heavy atom. The van der Waals surface area contributed by atoms with Crippen molar-refractivity contribution in [3.8, 4) is 5.75 Å². The van der Waals surface area contributed by atoms with Crippen LogP contribution < -0.4 is 4.90 Å². The first-order valence-electron chi connectivity index (χ1n) is 7.30. The van der Waals surface area contributed by atoms with Crippen LogP contribution in [-0.4, -0.2) is 42.5 Å². The van der Waals surface area contributed by atoms with Crippen molar-refractivity contribution >= 4 is 23.5 Å². The first kappa shape index (κ1) is 14.7. The summed E-state index contributed by atoms with van der Waals surface area (Å²) in [6.07, 6.45) is 1.72. The monoisotopic (exact) mass is 315 g/mol. The number of aromatic hydroxyl groups is 1. The van der Waals surface area contributed by atoms with Crippen molar-refractivity contribution in [2.24, 2.45) is 5.10 Å². The van der Waals surface area contributed by atoms with Gasteiger partial charge in [-0.1, -0.05) is 23.7 Å². The Balaban J connectivity index is 1.58. The topological polar surface area (TPSA) is 39.1 Å². The number of hydrogen-bond donors (Lipinski definition) is 1. The number of nitrogens with zero attached hydrogens (tertiary/aromatic N) is 3. The van der Waals surface area contributed by atoms with Crippen LogP contribution in [0.15, 0.2) is 53.6 Å². The highest BCUT2D eigenvalue weighted by Gasteiger charge is 2.15. The minimum atomic E-state index is 0.256. The van der Waals surface area contributed by atoms with Gasteiger partial charge in [0, 0.05) is 29.4 Å². The zero-order chi connectivity index (χ0) is 15.4. The predicted octanol–water partition coefficient (Wildman–Crippen LogP) is 3.20. The van der Waals surface area contributed by atoms with E-state index in [9.17, 15) is 5.11 Å². The molecule has 0 bridgehead atoms. The Kier molecular flexibility index (Phi) is 4.49. The van der Waals surface area contributed by atoms with Gasteiger partial charge in [0.1, 0.15) is 5.75 Å². The molecule has 1 aliphatic rings. The fourth-order valence-electron chi connectivity index (χ4n) is 2.46. The lowest BCUT2D eigenvalue weighted by Crippen LogP contribution is -2.44. The second-order valence-corrected chi connectivity index (χ2v) is 5.66. The Hall–Kier alpha value is -2.20. The first-order valence-corrected chi connectivity index (χ1v) is 7.67. The van der Waals surface area contributed by atoms with Gasteiger partial charge in [-0.15, -0.1) is 0 Å². The molecule has 2 aromatic rings. The Morgan fingerprint density at radius 2 is 1.64 bits per heavy atom. The van der Waals surface area contributed by atoms with Gasteiger partial charge in [-0.25, -0.2) is 0 Å². The molecule has 2 aromatic carbocycles. The Morgan fingerprint density at radius 1 is 0.955 bits per heavy atom. The number of hydrazone groups is 1. The summed E-state index contributed by atoms with van der Waals surface area (Å²) in [5, 5.41) is 17.0. The summed E-state index contributed by atoms with van der Waals surface area (Å²) in [6, 6.07) is 15.1. The van der Waals surface area contributed by atoms with E-state index >= 15 is 0 Å². The molecule has 4 nitrogen and oxygen atoms in total. The van der Waals surface area contributed by atoms with E-state index in [-0.39, 0.29) is 5.75 Å². The molecule has 0 aliphatic carbocycles. The molecule has 22 heavy (non-hydrogen) atoms. The SMILES string of the molecule is Oc1ccccc1/C=N/N1CCN(c2ccc(Cl)cc2)CC1. The van der Waals surface area contributed by atoms with Crippen molar-refractivity contribution in [3.63, 3.8) is 0 Å². The number of rotatable bonds is 3. The quantitative estimate of drug-likeness (QED) is 0.884. The Labute approximate surface area is 135 Å².